The average Bonchev–Trinajstić information content (AvgIpc) is 3.31. The number of hydrogen-bond donors (Lipinski definition) is 1. The van der Waals surface area contributed by atoms with Crippen LogP contribution in [0.2, 0.25) is 0 Å². The van der Waals surface area contributed by atoms with E-state index in [4.69, 9.17) is 4.74 Å². The minimum atomic E-state index is 0.368. The molecule has 0 bridgehead atoms. The molecule has 0 saturated heterocycles. The largest absolute Gasteiger partial charge is 0.490 e. The van der Waals surface area contributed by atoms with Crippen LogP contribution in [0.4, 0.5) is 0 Å². The normalized spacial score (nSPS) is 15.9. The molecule has 0 aromatic heterocycles. The molecule has 104 valence electrons. The Morgan fingerprint density at radius 3 is 2.45 bits per heavy atom. The number of benzene rings is 2. The van der Waals surface area contributed by atoms with Crippen LogP contribution in [0, 0.1) is 0 Å². The summed E-state index contributed by atoms with van der Waals surface area (Å²) in [5.41, 5.74) is 3.80. The van der Waals surface area contributed by atoms with Gasteiger partial charge in [-0.3, -0.25) is 0 Å². The first-order chi connectivity index (χ1) is 9.76. The second kappa shape index (κ2) is 5.68. The van der Waals surface area contributed by atoms with E-state index in [1.54, 1.807) is 0 Å². The van der Waals surface area contributed by atoms with Gasteiger partial charge in [0.05, 0.1) is 6.10 Å². The lowest BCUT2D eigenvalue weighted by atomic mass is 10.0. The molecule has 0 aliphatic heterocycles. The summed E-state index contributed by atoms with van der Waals surface area (Å²) in [6, 6.07) is 17.5. The standard InChI is InChI=1S/C18H21NO/c1-13(19-2)15-4-3-5-16(12-15)14-6-8-17(9-7-14)20-18-10-11-18/h3-9,12-13,18-19H,10-11H2,1-2H3. The third-order valence-corrected chi connectivity index (χ3v) is 3.83. The quantitative estimate of drug-likeness (QED) is 0.877. The molecule has 1 aliphatic rings. The zero-order valence-electron chi connectivity index (χ0n) is 12.1. The van der Waals surface area contributed by atoms with Crippen molar-refractivity contribution in [2.45, 2.75) is 31.9 Å². The summed E-state index contributed by atoms with van der Waals surface area (Å²) >= 11 is 0. The molecule has 1 atom stereocenters. The van der Waals surface area contributed by atoms with Crippen LogP contribution in [0.15, 0.2) is 48.5 Å². The highest BCUT2D eigenvalue weighted by molar-refractivity contribution is 5.65. The Bertz CT molecular complexity index is 572. The molecule has 1 N–H and O–H groups in total. The maximum atomic E-state index is 5.79. The van der Waals surface area contributed by atoms with Crippen LogP contribution in [-0.2, 0) is 0 Å². The number of rotatable bonds is 5. The van der Waals surface area contributed by atoms with Crippen molar-refractivity contribution in [3.05, 3.63) is 54.1 Å². The van der Waals surface area contributed by atoms with Gasteiger partial charge < -0.3 is 10.1 Å². The van der Waals surface area contributed by atoms with Crippen LogP contribution in [0.3, 0.4) is 0 Å². The highest BCUT2D eigenvalue weighted by atomic mass is 16.5. The van der Waals surface area contributed by atoms with Crippen molar-refractivity contribution in [2.24, 2.45) is 0 Å². The molecule has 1 fully saturated rings. The summed E-state index contributed by atoms with van der Waals surface area (Å²) in [6.45, 7) is 2.17. The minimum absolute atomic E-state index is 0.368. The van der Waals surface area contributed by atoms with Gasteiger partial charge in [-0.1, -0.05) is 30.3 Å². The van der Waals surface area contributed by atoms with E-state index in [-0.39, 0.29) is 0 Å². The highest BCUT2D eigenvalue weighted by Crippen LogP contribution is 2.29. The maximum absolute atomic E-state index is 5.79. The Morgan fingerprint density at radius 2 is 1.80 bits per heavy atom. The summed E-state index contributed by atoms with van der Waals surface area (Å²) in [4.78, 5) is 0. The van der Waals surface area contributed by atoms with Gasteiger partial charge in [-0.2, -0.15) is 0 Å². The molecule has 1 unspecified atom stereocenters. The third-order valence-electron chi connectivity index (χ3n) is 3.83. The number of nitrogens with one attached hydrogen (secondary N) is 1. The third kappa shape index (κ3) is 3.02. The summed E-state index contributed by atoms with van der Waals surface area (Å²) in [6.07, 6.45) is 2.86. The van der Waals surface area contributed by atoms with E-state index in [9.17, 15) is 0 Å². The molecule has 0 heterocycles. The van der Waals surface area contributed by atoms with Gasteiger partial charge in [-0.25, -0.2) is 0 Å². The van der Waals surface area contributed by atoms with Crippen molar-refractivity contribution >= 4 is 0 Å². The van der Waals surface area contributed by atoms with Crippen LogP contribution in [0.5, 0.6) is 5.75 Å². The van der Waals surface area contributed by atoms with Gasteiger partial charge >= 0.3 is 0 Å². The lowest BCUT2D eigenvalue weighted by Gasteiger charge is -2.12. The monoisotopic (exact) mass is 267 g/mol. The lowest BCUT2D eigenvalue weighted by Crippen LogP contribution is -2.12. The molecule has 0 spiro atoms. The predicted octanol–water partition coefficient (Wildman–Crippen LogP) is 4.18. The molecular weight excluding hydrogens is 246 g/mol. The number of hydrogen-bond acceptors (Lipinski definition) is 2. The molecule has 1 saturated carbocycles. The Hall–Kier alpha value is -1.80. The summed E-state index contributed by atoms with van der Waals surface area (Å²) < 4.78 is 5.79. The van der Waals surface area contributed by atoms with Gasteiger partial charge in [-0.05, 0) is 61.7 Å². The van der Waals surface area contributed by atoms with Gasteiger partial charge in [0.2, 0.25) is 0 Å². The summed E-state index contributed by atoms with van der Waals surface area (Å²) in [7, 11) is 1.99. The van der Waals surface area contributed by atoms with Crippen molar-refractivity contribution in [1.82, 2.24) is 5.32 Å². The maximum Gasteiger partial charge on any atom is 0.119 e. The smallest absolute Gasteiger partial charge is 0.119 e. The van der Waals surface area contributed by atoms with Crippen molar-refractivity contribution in [1.29, 1.82) is 0 Å². The van der Waals surface area contributed by atoms with Crippen LogP contribution in [-0.4, -0.2) is 13.2 Å². The zero-order chi connectivity index (χ0) is 13.9. The highest BCUT2D eigenvalue weighted by Gasteiger charge is 2.23. The average molecular weight is 267 g/mol. The molecule has 2 nitrogen and oxygen atoms in total. The van der Waals surface area contributed by atoms with Crippen LogP contribution >= 0.6 is 0 Å². The number of ether oxygens (including phenoxy) is 1. The van der Waals surface area contributed by atoms with E-state index >= 15 is 0 Å². The molecule has 0 radical (unpaired) electrons. The Kier molecular flexibility index (Phi) is 3.75. The fourth-order valence-electron chi connectivity index (χ4n) is 2.26. The SMILES string of the molecule is CNC(C)c1cccc(-c2ccc(OC3CC3)cc2)c1. The minimum Gasteiger partial charge on any atom is -0.490 e. The van der Waals surface area contributed by atoms with Crippen molar-refractivity contribution < 1.29 is 4.74 Å². The van der Waals surface area contributed by atoms with Gasteiger partial charge in [-0.15, -0.1) is 0 Å². The molecule has 3 rings (SSSR count). The van der Waals surface area contributed by atoms with Crippen LogP contribution in [0.1, 0.15) is 31.4 Å². The van der Waals surface area contributed by atoms with E-state index in [0.717, 1.165) is 5.75 Å². The molecule has 0 amide bonds. The molecule has 20 heavy (non-hydrogen) atoms. The Morgan fingerprint density at radius 1 is 1.05 bits per heavy atom. The second-order valence-corrected chi connectivity index (χ2v) is 5.48. The van der Waals surface area contributed by atoms with Crippen LogP contribution < -0.4 is 10.1 Å². The van der Waals surface area contributed by atoms with E-state index in [1.807, 2.05) is 7.05 Å². The summed E-state index contributed by atoms with van der Waals surface area (Å²) in [5, 5.41) is 3.28. The van der Waals surface area contributed by atoms with E-state index in [1.165, 1.54) is 29.5 Å². The zero-order valence-corrected chi connectivity index (χ0v) is 12.1. The van der Waals surface area contributed by atoms with Gasteiger partial charge in [0, 0.05) is 6.04 Å². The van der Waals surface area contributed by atoms with Crippen molar-refractivity contribution in [2.75, 3.05) is 7.05 Å². The van der Waals surface area contributed by atoms with E-state index in [0.29, 0.717) is 12.1 Å². The lowest BCUT2D eigenvalue weighted by molar-refractivity contribution is 0.303. The fraction of sp³-hybridized carbons (Fsp3) is 0.333. The first-order valence-electron chi connectivity index (χ1n) is 7.30. The van der Waals surface area contributed by atoms with Gasteiger partial charge in [0.25, 0.3) is 0 Å². The Labute approximate surface area is 120 Å². The first-order valence-corrected chi connectivity index (χ1v) is 7.30. The second-order valence-electron chi connectivity index (χ2n) is 5.48. The first kappa shape index (κ1) is 13.2. The van der Waals surface area contributed by atoms with Gasteiger partial charge in [0.15, 0.2) is 0 Å². The molecule has 2 heteroatoms. The van der Waals surface area contributed by atoms with Crippen molar-refractivity contribution in [3.8, 4) is 16.9 Å². The molecule has 2 aromatic carbocycles. The topological polar surface area (TPSA) is 21.3 Å². The molecule has 2 aromatic rings. The Balaban J connectivity index is 1.80. The van der Waals surface area contributed by atoms with Crippen LogP contribution in [0.25, 0.3) is 11.1 Å². The predicted molar refractivity (Wildman–Crippen MR) is 83.0 cm³/mol. The van der Waals surface area contributed by atoms with Gasteiger partial charge in [0.1, 0.15) is 5.75 Å². The summed E-state index contributed by atoms with van der Waals surface area (Å²) in [5.74, 6) is 0.982. The van der Waals surface area contributed by atoms with Crippen molar-refractivity contribution in [3.63, 3.8) is 0 Å². The van der Waals surface area contributed by atoms with E-state index < -0.39 is 0 Å². The van der Waals surface area contributed by atoms with E-state index in [2.05, 4.69) is 60.8 Å². The molecule has 1 aliphatic carbocycles. The fourth-order valence-corrected chi connectivity index (χ4v) is 2.26. The molecular formula is C18H21NO.